The van der Waals surface area contributed by atoms with Gasteiger partial charge < -0.3 is 15.5 Å². The van der Waals surface area contributed by atoms with E-state index in [9.17, 15) is 9.90 Å². The van der Waals surface area contributed by atoms with E-state index in [4.69, 9.17) is 5.11 Å². The van der Waals surface area contributed by atoms with Gasteiger partial charge in [-0.25, -0.2) is 9.78 Å². The van der Waals surface area contributed by atoms with Gasteiger partial charge >= 0.3 is 5.97 Å². The number of nitrogens with one attached hydrogen (secondary N) is 1. The molecule has 0 aliphatic rings. The van der Waals surface area contributed by atoms with E-state index in [1.54, 1.807) is 18.3 Å². The molecule has 0 atom stereocenters. The first-order valence-electron chi connectivity index (χ1n) is 9.19. The number of hydrogen-bond acceptors (Lipinski definition) is 5. The predicted octanol–water partition coefficient (Wildman–Crippen LogP) is 4.07. The fourth-order valence-corrected chi connectivity index (χ4v) is 3.21. The van der Waals surface area contributed by atoms with E-state index in [1.165, 1.54) is 6.20 Å². The van der Waals surface area contributed by atoms with E-state index in [0.717, 1.165) is 22.4 Å². The average molecular weight is 385 g/mol. The highest BCUT2D eigenvalue weighted by Gasteiger charge is 2.13. The number of pyridine rings is 2. The van der Waals surface area contributed by atoms with E-state index in [-0.39, 0.29) is 12.2 Å². The SMILES string of the molecule is O=C(O)c1cc(-c2ccc(-c3ccc(NCCO)cc3)cc2)nc2ccncc12. The largest absolute Gasteiger partial charge is 0.478 e. The molecule has 0 fully saturated rings. The fourth-order valence-electron chi connectivity index (χ4n) is 3.21. The zero-order valence-electron chi connectivity index (χ0n) is 15.5. The van der Waals surface area contributed by atoms with E-state index in [2.05, 4.69) is 15.3 Å². The van der Waals surface area contributed by atoms with Gasteiger partial charge in [0.1, 0.15) is 0 Å². The van der Waals surface area contributed by atoms with Crippen LogP contribution in [0.4, 0.5) is 5.69 Å². The van der Waals surface area contributed by atoms with Gasteiger partial charge in [0.05, 0.1) is 23.4 Å². The summed E-state index contributed by atoms with van der Waals surface area (Å²) in [6, 6.07) is 19.1. The highest BCUT2D eigenvalue weighted by atomic mass is 16.4. The lowest BCUT2D eigenvalue weighted by Crippen LogP contribution is -2.04. The summed E-state index contributed by atoms with van der Waals surface area (Å²) in [5.74, 6) is -1.00. The van der Waals surface area contributed by atoms with E-state index in [1.807, 2.05) is 48.5 Å². The monoisotopic (exact) mass is 385 g/mol. The van der Waals surface area contributed by atoms with Crippen molar-refractivity contribution < 1.29 is 15.0 Å². The normalized spacial score (nSPS) is 10.8. The Balaban J connectivity index is 1.65. The third-order valence-electron chi connectivity index (χ3n) is 4.68. The Labute approximate surface area is 167 Å². The quantitative estimate of drug-likeness (QED) is 0.463. The van der Waals surface area contributed by atoms with Crippen LogP contribution in [0, 0.1) is 0 Å². The predicted molar refractivity (Wildman–Crippen MR) is 113 cm³/mol. The summed E-state index contributed by atoms with van der Waals surface area (Å²) in [5, 5.41) is 22.1. The molecule has 0 saturated heterocycles. The molecule has 0 aliphatic heterocycles. The first-order chi connectivity index (χ1) is 14.2. The average Bonchev–Trinajstić information content (AvgIpc) is 2.77. The molecule has 0 unspecified atom stereocenters. The Bertz CT molecular complexity index is 1160. The van der Waals surface area contributed by atoms with Crippen LogP contribution >= 0.6 is 0 Å². The number of carboxylic acid groups (broad SMARTS) is 1. The molecule has 29 heavy (non-hydrogen) atoms. The van der Waals surface area contributed by atoms with Crippen molar-refractivity contribution in [3.8, 4) is 22.4 Å². The fraction of sp³-hybridized carbons (Fsp3) is 0.0870. The van der Waals surface area contributed by atoms with Crippen LogP contribution in [0.1, 0.15) is 10.4 Å². The molecule has 3 N–H and O–H groups in total. The molecule has 6 nitrogen and oxygen atoms in total. The van der Waals surface area contributed by atoms with Crippen LogP contribution in [0.15, 0.2) is 73.1 Å². The maximum Gasteiger partial charge on any atom is 0.336 e. The van der Waals surface area contributed by atoms with E-state index in [0.29, 0.717) is 23.1 Å². The number of aromatic carboxylic acids is 1. The van der Waals surface area contributed by atoms with Crippen molar-refractivity contribution in [1.82, 2.24) is 9.97 Å². The maximum absolute atomic E-state index is 11.7. The van der Waals surface area contributed by atoms with Crippen molar-refractivity contribution in [2.24, 2.45) is 0 Å². The lowest BCUT2D eigenvalue weighted by atomic mass is 10.0. The number of aromatic nitrogens is 2. The Kier molecular flexibility index (Phi) is 5.18. The summed E-state index contributed by atoms with van der Waals surface area (Å²) >= 11 is 0. The molecule has 4 aromatic rings. The highest BCUT2D eigenvalue weighted by molar-refractivity contribution is 6.03. The molecule has 2 aromatic heterocycles. The molecule has 0 saturated carbocycles. The van der Waals surface area contributed by atoms with Gasteiger partial charge in [0, 0.05) is 35.6 Å². The van der Waals surface area contributed by atoms with Crippen molar-refractivity contribution in [2.75, 3.05) is 18.5 Å². The summed E-state index contributed by atoms with van der Waals surface area (Å²) < 4.78 is 0. The number of fused-ring (bicyclic) bond motifs is 1. The summed E-state index contributed by atoms with van der Waals surface area (Å²) in [6.07, 6.45) is 3.13. The molecular weight excluding hydrogens is 366 g/mol. The first kappa shape index (κ1) is 18.6. The molecule has 0 bridgehead atoms. The molecule has 0 spiro atoms. The van der Waals surface area contributed by atoms with Gasteiger partial charge in [-0.15, -0.1) is 0 Å². The third-order valence-corrected chi connectivity index (χ3v) is 4.68. The maximum atomic E-state index is 11.7. The number of aliphatic hydroxyl groups excluding tert-OH is 1. The van der Waals surface area contributed by atoms with Gasteiger partial charge in [-0.2, -0.15) is 0 Å². The van der Waals surface area contributed by atoms with Gasteiger partial charge in [0.15, 0.2) is 0 Å². The second kappa shape index (κ2) is 8.08. The Morgan fingerprint density at radius 1 is 0.931 bits per heavy atom. The first-order valence-corrected chi connectivity index (χ1v) is 9.19. The third kappa shape index (κ3) is 3.93. The van der Waals surface area contributed by atoms with Crippen LogP contribution in [-0.2, 0) is 0 Å². The molecule has 6 heteroatoms. The molecule has 0 amide bonds. The number of anilines is 1. The highest BCUT2D eigenvalue weighted by Crippen LogP contribution is 2.27. The molecule has 4 rings (SSSR count). The number of rotatable bonds is 6. The van der Waals surface area contributed by atoms with Crippen molar-refractivity contribution in [2.45, 2.75) is 0 Å². The minimum Gasteiger partial charge on any atom is -0.478 e. The number of aliphatic hydroxyl groups is 1. The number of carbonyl (C=O) groups is 1. The van der Waals surface area contributed by atoms with Crippen LogP contribution in [0.3, 0.4) is 0 Å². The van der Waals surface area contributed by atoms with Crippen molar-refractivity contribution >= 4 is 22.6 Å². The van der Waals surface area contributed by atoms with Gasteiger partial charge in [-0.05, 0) is 35.4 Å². The minimum absolute atomic E-state index is 0.0894. The Morgan fingerprint density at radius 2 is 1.59 bits per heavy atom. The van der Waals surface area contributed by atoms with Crippen LogP contribution in [0.25, 0.3) is 33.3 Å². The molecule has 144 valence electrons. The van der Waals surface area contributed by atoms with Crippen LogP contribution < -0.4 is 5.32 Å². The van der Waals surface area contributed by atoms with Crippen molar-refractivity contribution in [3.63, 3.8) is 0 Å². The molecule has 2 heterocycles. The summed E-state index contributed by atoms with van der Waals surface area (Å²) in [5.41, 5.74) is 5.31. The lowest BCUT2D eigenvalue weighted by molar-refractivity contribution is 0.0699. The van der Waals surface area contributed by atoms with E-state index >= 15 is 0 Å². The number of hydrogen-bond donors (Lipinski definition) is 3. The summed E-state index contributed by atoms with van der Waals surface area (Å²) in [6.45, 7) is 0.604. The minimum atomic E-state index is -1.00. The van der Waals surface area contributed by atoms with Crippen molar-refractivity contribution in [1.29, 1.82) is 0 Å². The number of carboxylic acids is 1. The molecule has 2 aromatic carbocycles. The molecule has 0 radical (unpaired) electrons. The van der Waals surface area contributed by atoms with Gasteiger partial charge in [0.2, 0.25) is 0 Å². The zero-order valence-corrected chi connectivity index (χ0v) is 15.5. The van der Waals surface area contributed by atoms with Crippen LogP contribution in [-0.4, -0.2) is 39.3 Å². The standard InChI is InChI=1S/C23H19N3O3/c27-12-11-25-18-7-5-16(6-8-18)15-1-3-17(4-2-15)22-13-19(23(28)29)20-14-24-10-9-21(20)26-22/h1-10,13-14,25,27H,11-12H2,(H,28,29). The molecule has 0 aliphatic carbocycles. The topological polar surface area (TPSA) is 95.3 Å². The van der Waals surface area contributed by atoms with E-state index < -0.39 is 5.97 Å². The second-order valence-electron chi connectivity index (χ2n) is 6.56. The molecular formula is C23H19N3O3. The second-order valence-corrected chi connectivity index (χ2v) is 6.56. The van der Waals surface area contributed by atoms with Gasteiger partial charge in [0.25, 0.3) is 0 Å². The van der Waals surface area contributed by atoms with Crippen LogP contribution in [0.2, 0.25) is 0 Å². The lowest BCUT2D eigenvalue weighted by Gasteiger charge is -2.09. The number of nitrogens with zero attached hydrogens (tertiary/aromatic N) is 2. The van der Waals surface area contributed by atoms with Gasteiger partial charge in [-0.3, -0.25) is 4.98 Å². The van der Waals surface area contributed by atoms with Crippen molar-refractivity contribution in [3.05, 3.63) is 78.6 Å². The van der Waals surface area contributed by atoms with Gasteiger partial charge in [-0.1, -0.05) is 36.4 Å². The van der Waals surface area contributed by atoms with Crippen LogP contribution in [0.5, 0.6) is 0 Å². The number of benzene rings is 2. The zero-order chi connectivity index (χ0) is 20.2. The summed E-state index contributed by atoms with van der Waals surface area (Å²) in [4.78, 5) is 20.3. The Morgan fingerprint density at radius 3 is 2.24 bits per heavy atom. The Hall–Kier alpha value is -3.77. The smallest absolute Gasteiger partial charge is 0.336 e. The summed E-state index contributed by atoms with van der Waals surface area (Å²) in [7, 11) is 0.